The van der Waals surface area contributed by atoms with Gasteiger partial charge in [-0.05, 0) is 37.0 Å². The van der Waals surface area contributed by atoms with Crippen molar-refractivity contribution in [3.05, 3.63) is 52.2 Å². The van der Waals surface area contributed by atoms with Gasteiger partial charge in [-0.3, -0.25) is 9.55 Å². The molecule has 154 valence electrons. The van der Waals surface area contributed by atoms with Crippen molar-refractivity contribution in [2.24, 2.45) is 13.0 Å². The third-order valence-corrected chi connectivity index (χ3v) is 7.36. The molecule has 1 fully saturated rings. The van der Waals surface area contributed by atoms with Crippen LogP contribution < -0.4 is 10.5 Å². The van der Waals surface area contributed by atoms with E-state index in [0.717, 1.165) is 0 Å². The van der Waals surface area contributed by atoms with Crippen LogP contribution in [-0.2, 0) is 17.1 Å². The number of halogens is 1. The van der Waals surface area contributed by atoms with Crippen LogP contribution in [0.15, 0.2) is 50.8 Å². The summed E-state index contributed by atoms with van der Waals surface area (Å²) in [6.45, 7) is 1.28. The minimum atomic E-state index is -3.65. The lowest BCUT2D eigenvalue weighted by Crippen LogP contribution is -2.39. The van der Waals surface area contributed by atoms with Gasteiger partial charge in [0.2, 0.25) is 10.0 Å². The molecule has 1 saturated heterocycles. The smallest absolute Gasteiger partial charge is 0.419 e. The van der Waals surface area contributed by atoms with Gasteiger partial charge >= 0.3 is 5.76 Å². The molecule has 0 bridgehead atoms. The Bertz CT molecular complexity index is 1200. The highest BCUT2D eigenvalue weighted by molar-refractivity contribution is 7.89. The molecule has 0 N–H and O–H groups in total. The second-order valence-corrected chi connectivity index (χ2v) is 9.37. The Morgan fingerprint density at radius 3 is 2.76 bits per heavy atom. The van der Waals surface area contributed by atoms with Crippen LogP contribution >= 0.6 is 11.6 Å². The summed E-state index contributed by atoms with van der Waals surface area (Å²) in [5, 5.41) is 0.455. The molecule has 1 aromatic carbocycles. The molecule has 0 radical (unpaired) electrons. The lowest BCUT2D eigenvalue weighted by Gasteiger charge is -2.31. The second-order valence-electron chi connectivity index (χ2n) is 7.02. The highest BCUT2D eigenvalue weighted by Gasteiger charge is 2.30. The van der Waals surface area contributed by atoms with Crippen molar-refractivity contribution >= 4 is 32.7 Å². The Morgan fingerprint density at radius 2 is 2.03 bits per heavy atom. The molecule has 0 amide bonds. The zero-order valence-electron chi connectivity index (χ0n) is 15.7. The molecule has 10 heteroatoms. The zero-order valence-corrected chi connectivity index (χ0v) is 17.3. The third-order valence-electron chi connectivity index (χ3n) is 5.18. The summed E-state index contributed by atoms with van der Waals surface area (Å²) < 4.78 is 39.7. The number of oxazole rings is 1. The van der Waals surface area contributed by atoms with E-state index in [-0.39, 0.29) is 10.8 Å². The van der Waals surface area contributed by atoms with Crippen LogP contribution in [0.1, 0.15) is 12.8 Å². The molecule has 29 heavy (non-hydrogen) atoms. The van der Waals surface area contributed by atoms with Gasteiger partial charge in [-0.2, -0.15) is 4.31 Å². The van der Waals surface area contributed by atoms with Gasteiger partial charge in [0.25, 0.3) is 0 Å². The summed E-state index contributed by atoms with van der Waals surface area (Å²) in [6, 6.07) is 6.18. The van der Waals surface area contributed by atoms with Crippen molar-refractivity contribution < 1.29 is 17.6 Å². The molecule has 0 saturated carbocycles. The third kappa shape index (κ3) is 3.90. The van der Waals surface area contributed by atoms with E-state index in [1.54, 1.807) is 19.3 Å². The maximum absolute atomic E-state index is 13.0. The van der Waals surface area contributed by atoms with Crippen molar-refractivity contribution in [1.82, 2.24) is 13.9 Å². The van der Waals surface area contributed by atoms with Crippen molar-refractivity contribution in [2.45, 2.75) is 17.7 Å². The Labute approximate surface area is 172 Å². The highest BCUT2D eigenvalue weighted by atomic mass is 35.5. The monoisotopic (exact) mass is 437 g/mol. The van der Waals surface area contributed by atoms with Gasteiger partial charge in [-0.1, -0.05) is 11.6 Å². The average molecular weight is 438 g/mol. The van der Waals surface area contributed by atoms with Crippen LogP contribution in [-0.4, -0.2) is 42.0 Å². The molecule has 3 heterocycles. The van der Waals surface area contributed by atoms with Crippen LogP contribution in [0.4, 0.5) is 0 Å². The fourth-order valence-electron chi connectivity index (χ4n) is 3.42. The van der Waals surface area contributed by atoms with E-state index in [9.17, 15) is 13.2 Å². The molecule has 4 rings (SSSR count). The predicted molar refractivity (Wildman–Crippen MR) is 108 cm³/mol. The number of sulfonamides is 1. The Balaban J connectivity index is 1.43. The van der Waals surface area contributed by atoms with Crippen molar-refractivity contribution in [2.75, 3.05) is 19.7 Å². The quantitative estimate of drug-likeness (QED) is 0.609. The number of benzene rings is 1. The SMILES string of the molecule is Cn1c(=O)oc2ccc(S(=O)(=O)N3CCC(COc4ccncc4Cl)CC3)cc21. The van der Waals surface area contributed by atoms with Crippen LogP contribution in [0.25, 0.3) is 11.1 Å². The van der Waals surface area contributed by atoms with E-state index in [1.165, 1.54) is 33.3 Å². The Morgan fingerprint density at radius 1 is 1.28 bits per heavy atom. The van der Waals surface area contributed by atoms with Crippen molar-refractivity contribution in [1.29, 1.82) is 0 Å². The normalized spacial score (nSPS) is 16.3. The number of ether oxygens (including phenoxy) is 1. The average Bonchev–Trinajstić information content (AvgIpc) is 3.01. The minimum Gasteiger partial charge on any atom is -0.492 e. The van der Waals surface area contributed by atoms with Gasteiger partial charge in [0.15, 0.2) is 5.58 Å². The summed E-state index contributed by atoms with van der Waals surface area (Å²) >= 11 is 6.04. The summed E-state index contributed by atoms with van der Waals surface area (Å²) in [4.78, 5) is 15.7. The summed E-state index contributed by atoms with van der Waals surface area (Å²) in [6.07, 6.45) is 4.52. The zero-order chi connectivity index (χ0) is 20.6. The van der Waals surface area contributed by atoms with Gasteiger partial charge in [0.05, 0.1) is 17.0 Å². The van der Waals surface area contributed by atoms with Gasteiger partial charge in [0, 0.05) is 38.6 Å². The number of nitrogens with zero attached hydrogens (tertiary/aromatic N) is 3. The largest absolute Gasteiger partial charge is 0.492 e. The number of pyridine rings is 1. The fourth-order valence-corrected chi connectivity index (χ4v) is 5.08. The topological polar surface area (TPSA) is 94.6 Å². The number of aromatic nitrogens is 2. The van der Waals surface area contributed by atoms with E-state index in [0.29, 0.717) is 54.4 Å². The Kier molecular flexibility index (Phi) is 5.37. The van der Waals surface area contributed by atoms with Gasteiger partial charge in [-0.15, -0.1) is 0 Å². The minimum absolute atomic E-state index is 0.152. The van der Waals surface area contributed by atoms with E-state index in [4.69, 9.17) is 20.8 Å². The van der Waals surface area contributed by atoms with E-state index in [1.807, 2.05) is 0 Å². The maximum Gasteiger partial charge on any atom is 0.419 e. The molecule has 0 atom stereocenters. The van der Waals surface area contributed by atoms with Gasteiger partial charge in [-0.25, -0.2) is 13.2 Å². The maximum atomic E-state index is 13.0. The number of rotatable bonds is 5. The molecular formula is C19H20ClN3O5S. The molecule has 0 spiro atoms. The summed E-state index contributed by atoms with van der Waals surface area (Å²) in [5.41, 5.74) is 0.815. The second kappa shape index (κ2) is 7.81. The lowest BCUT2D eigenvalue weighted by molar-refractivity contribution is 0.185. The first-order valence-corrected chi connectivity index (χ1v) is 11.0. The van der Waals surface area contributed by atoms with Gasteiger partial charge < -0.3 is 9.15 Å². The molecule has 1 aliphatic rings. The molecule has 8 nitrogen and oxygen atoms in total. The van der Waals surface area contributed by atoms with E-state index < -0.39 is 15.8 Å². The fraction of sp³-hybridized carbons (Fsp3) is 0.368. The molecule has 1 aliphatic heterocycles. The predicted octanol–water partition coefficient (Wildman–Crippen LogP) is 2.66. The number of hydrogen-bond acceptors (Lipinski definition) is 6. The van der Waals surface area contributed by atoms with E-state index in [2.05, 4.69) is 4.98 Å². The highest BCUT2D eigenvalue weighted by Crippen LogP contribution is 2.28. The van der Waals surface area contributed by atoms with Crippen LogP contribution in [0.3, 0.4) is 0 Å². The van der Waals surface area contributed by atoms with Crippen LogP contribution in [0.2, 0.25) is 5.02 Å². The van der Waals surface area contributed by atoms with E-state index >= 15 is 0 Å². The number of hydrogen-bond donors (Lipinski definition) is 0. The molecule has 3 aromatic rings. The first-order valence-electron chi connectivity index (χ1n) is 9.18. The molecule has 2 aromatic heterocycles. The summed E-state index contributed by atoms with van der Waals surface area (Å²) in [5.74, 6) is 0.295. The molecule has 0 aliphatic carbocycles. The number of aryl methyl sites for hydroxylation is 1. The number of piperidine rings is 1. The standard InChI is InChI=1S/C19H20ClN3O5S/c1-22-16-10-14(2-3-18(16)28-19(22)24)29(25,26)23-8-5-13(6-9-23)12-27-17-4-7-21-11-15(17)20/h2-4,7,10-11,13H,5-6,8-9,12H2,1H3. The molecular weight excluding hydrogens is 418 g/mol. The summed E-state index contributed by atoms with van der Waals surface area (Å²) in [7, 11) is -2.11. The van der Waals surface area contributed by atoms with Crippen LogP contribution in [0, 0.1) is 5.92 Å². The first kappa shape index (κ1) is 19.9. The Hall–Kier alpha value is -2.36. The lowest BCUT2D eigenvalue weighted by atomic mass is 9.99. The van der Waals surface area contributed by atoms with Crippen molar-refractivity contribution in [3.63, 3.8) is 0 Å². The molecule has 0 unspecified atom stereocenters. The number of fused-ring (bicyclic) bond motifs is 1. The first-order chi connectivity index (χ1) is 13.9. The van der Waals surface area contributed by atoms with Gasteiger partial charge in [0.1, 0.15) is 10.8 Å². The van der Waals surface area contributed by atoms with Crippen LogP contribution in [0.5, 0.6) is 5.75 Å². The van der Waals surface area contributed by atoms with Crippen molar-refractivity contribution in [3.8, 4) is 5.75 Å².